The van der Waals surface area contributed by atoms with E-state index in [1.54, 1.807) is 6.07 Å². The molecule has 0 radical (unpaired) electrons. The van der Waals surface area contributed by atoms with Gasteiger partial charge in [-0.2, -0.15) is 18.4 Å². The minimum Gasteiger partial charge on any atom is -0.293 e. The first-order valence-corrected chi connectivity index (χ1v) is 8.76. The lowest BCUT2D eigenvalue weighted by Gasteiger charge is -2.30. The Hall–Kier alpha value is -2.32. The van der Waals surface area contributed by atoms with E-state index in [0.29, 0.717) is 31.2 Å². The summed E-state index contributed by atoms with van der Waals surface area (Å²) < 4.78 is 38.9. The molecule has 0 fully saturated rings. The van der Waals surface area contributed by atoms with Crippen LogP contribution < -0.4 is 5.32 Å². The van der Waals surface area contributed by atoms with Gasteiger partial charge in [0.2, 0.25) is 0 Å². The van der Waals surface area contributed by atoms with E-state index < -0.39 is 17.3 Å². The van der Waals surface area contributed by atoms with E-state index in [9.17, 15) is 18.4 Å². The molecule has 136 valence electrons. The summed E-state index contributed by atoms with van der Waals surface area (Å²) in [6.07, 6.45) is -2.21. The second-order valence-electron chi connectivity index (χ2n) is 6.95. The maximum absolute atomic E-state index is 13.0. The van der Waals surface area contributed by atoms with Crippen molar-refractivity contribution in [3.63, 3.8) is 0 Å². The molecule has 2 nitrogen and oxygen atoms in total. The Bertz CT molecular complexity index is 808. The molecule has 0 spiro atoms. The maximum Gasteiger partial charge on any atom is 0.416 e. The molecular formula is C21H21F3N2. The zero-order valence-electron chi connectivity index (χ0n) is 14.6. The van der Waals surface area contributed by atoms with Gasteiger partial charge in [0.25, 0.3) is 0 Å². The van der Waals surface area contributed by atoms with Gasteiger partial charge >= 0.3 is 6.18 Å². The number of rotatable bonds is 3. The zero-order valence-corrected chi connectivity index (χ0v) is 14.6. The molecule has 2 atom stereocenters. The van der Waals surface area contributed by atoms with Crippen LogP contribution in [0.3, 0.4) is 0 Å². The van der Waals surface area contributed by atoms with Crippen LogP contribution in [0.2, 0.25) is 0 Å². The number of nitriles is 1. The largest absolute Gasteiger partial charge is 0.416 e. The molecule has 26 heavy (non-hydrogen) atoms. The van der Waals surface area contributed by atoms with Gasteiger partial charge < -0.3 is 0 Å². The molecule has 0 heterocycles. The normalized spacial score (nSPS) is 21.3. The Balaban J connectivity index is 1.80. The van der Waals surface area contributed by atoms with Crippen LogP contribution in [0, 0.1) is 11.3 Å². The number of nitrogens with one attached hydrogen (secondary N) is 1. The lowest BCUT2D eigenvalue weighted by atomic mass is 9.89. The highest BCUT2D eigenvalue weighted by molar-refractivity contribution is 5.36. The Morgan fingerprint density at radius 1 is 1.04 bits per heavy atom. The molecular weight excluding hydrogens is 337 g/mol. The Labute approximate surface area is 151 Å². The van der Waals surface area contributed by atoms with Gasteiger partial charge in [0.15, 0.2) is 0 Å². The summed E-state index contributed by atoms with van der Waals surface area (Å²) in [4.78, 5) is 0. The average Bonchev–Trinajstić information content (AvgIpc) is 2.82. The molecule has 2 aromatic carbocycles. The van der Waals surface area contributed by atoms with Crippen LogP contribution in [0.1, 0.15) is 48.1 Å². The van der Waals surface area contributed by atoms with Gasteiger partial charge in [0.1, 0.15) is 5.54 Å². The van der Waals surface area contributed by atoms with Gasteiger partial charge in [0.05, 0.1) is 11.6 Å². The van der Waals surface area contributed by atoms with E-state index in [-0.39, 0.29) is 6.04 Å². The Morgan fingerprint density at radius 2 is 1.69 bits per heavy atom. The minimum atomic E-state index is -4.34. The molecule has 0 saturated heterocycles. The summed E-state index contributed by atoms with van der Waals surface area (Å²) in [5.74, 6) is 0. The SMILES string of the molecule is C[C@@H](N[C@]1(C#N)CCc2ccc(C(F)(F)F)cc2CC1)c1ccccc1. The lowest BCUT2D eigenvalue weighted by molar-refractivity contribution is -0.137. The highest BCUT2D eigenvalue weighted by Crippen LogP contribution is 2.34. The summed E-state index contributed by atoms with van der Waals surface area (Å²) in [6.45, 7) is 2.01. The van der Waals surface area contributed by atoms with Gasteiger partial charge in [0, 0.05) is 6.04 Å². The molecule has 0 saturated carbocycles. The van der Waals surface area contributed by atoms with Crippen molar-refractivity contribution in [2.75, 3.05) is 0 Å². The number of halogens is 3. The Morgan fingerprint density at radius 3 is 2.31 bits per heavy atom. The van der Waals surface area contributed by atoms with Crippen molar-refractivity contribution >= 4 is 0 Å². The van der Waals surface area contributed by atoms with Gasteiger partial charge in [-0.25, -0.2) is 0 Å². The van der Waals surface area contributed by atoms with Crippen LogP contribution in [0.4, 0.5) is 13.2 Å². The van der Waals surface area contributed by atoms with Gasteiger partial charge in [-0.1, -0.05) is 36.4 Å². The molecule has 1 aliphatic carbocycles. The van der Waals surface area contributed by atoms with Crippen molar-refractivity contribution in [1.29, 1.82) is 5.26 Å². The van der Waals surface area contributed by atoms with Crippen molar-refractivity contribution in [3.05, 3.63) is 70.8 Å². The molecule has 0 unspecified atom stereocenters. The fourth-order valence-corrected chi connectivity index (χ4v) is 3.63. The van der Waals surface area contributed by atoms with E-state index >= 15 is 0 Å². The summed E-state index contributed by atoms with van der Waals surface area (Å²) in [7, 11) is 0. The van der Waals surface area contributed by atoms with Crippen LogP contribution in [-0.4, -0.2) is 5.54 Å². The van der Waals surface area contributed by atoms with Crippen molar-refractivity contribution in [2.24, 2.45) is 0 Å². The number of nitrogens with zero attached hydrogens (tertiary/aromatic N) is 1. The number of aryl methyl sites for hydroxylation is 2. The van der Waals surface area contributed by atoms with Crippen molar-refractivity contribution in [1.82, 2.24) is 5.32 Å². The van der Waals surface area contributed by atoms with Gasteiger partial charge in [-0.3, -0.25) is 5.32 Å². The number of fused-ring (bicyclic) bond motifs is 1. The van der Waals surface area contributed by atoms with Crippen LogP contribution in [0.25, 0.3) is 0 Å². The topological polar surface area (TPSA) is 35.8 Å². The second-order valence-corrected chi connectivity index (χ2v) is 6.95. The summed E-state index contributed by atoms with van der Waals surface area (Å²) in [6, 6.07) is 16.2. The van der Waals surface area contributed by atoms with E-state index in [4.69, 9.17) is 0 Å². The standard InChI is InChI=1S/C21H21F3N2/c1-15(16-5-3-2-4-6-16)26-20(14-25)11-9-17-7-8-19(21(22,23)24)13-18(17)10-12-20/h2-8,13,15,26H,9-12H2,1H3/t15-,20-/m1/s1. The molecule has 2 aromatic rings. The van der Waals surface area contributed by atoms with Crippen molar-refractivity contribution < 1.29 is 13.2 Å². The molecule has 0 aromatic heterocycles. The summed E-state index contributed by atoms with van der Waals surface area (Å²) in [5, 5.41) is 13.3. The van der Waals surface area contributed by atoms with E-state index in [2.05, 4.69) is 11.4 Å². The Kier molecular flexibility index (Phi) is 5.06. The third-order valence-corrected chi connectivity index (χ3v) is 5.18. The molecule has 0 amide bonds. The first kappa shape index (κ1) is 18.5. The average molecular weight is 358 g/mol. The number of alkyl halides is 3. The van der Waals surface area contributed by atoms with Gasteiger partial charge in [-0.15, -0.1) is 0 Å². The van der Waals surface area contributed by atoms with Crippen LogP contribution in [0.5, 0.6) is 0 Å². The first-order valence-electron chi connectivity index (χ1n) is 8.76. The molecule has 0 aliphatic heterocycles. The van der Waals surface area contributed by atoms with E-state index in [0.717, 1.165) is 17.2 Å². The zero-order chi connectivity index (χ0) is 18.8. The minimum absolute atomic E-state index is 0.0113. The monoisotopic (exact) mass is 358 g/mol. The molecule has 1 aliphatic rings. The lowest BCUT2D eigenvalue weighted by Crippen LogP contribution is -2.45. The fraction of sp³-hybridized carbons (Fsp3) is 0.381. The first-order chi connectivity index (χ1) is 12.3. The van der Waals surface area contributed by atoms with E-state index in [1.807, 2.05) is 37.3 Å². The van der Waals surface area contributed by atoms with Crippen LogP contribution in [0.15, 0.2) is 48.5 Å². The third-order valence-electron chi connectivity index (χ3n) is 5.18. The smallest absolute Gasteiger partial charge is 0.293 e. The third kappa shape index (κ3) is 3.91. The molecule has 1 N–H and O–H groups in total. The van der Waals surface area contributed by atoms with Gasteiger partial charge in [-0.05, 0) is 61.4 Å². The van der Waals surface area contributed by atoms with Crippen molar-refractivity contribution in [3.8, 4) is 6.07 Å². The quantitative estimate of drug-likeness (QED) is 0.766. The van der Waals surface area contributed by atoms with Crippen LogP contribution >= 0.6 is 0 Å². The second kappa shape index (κ2) is 7.13. The van der Waals surface area contributed by atoms with Crippen molar-refractivity contribution in [2.45, 2.75) is 50.4 Å². The number of hydrogen-bond acceptors (Lipinski definition) is 2. The predicted molar refractivity (Wildman–Crippen MR) is 94.4 cm³/mol. The predicted octanol–water partition coefficient (Wildman–Crippen LogP) is 5.20. The van der Waals surface area contributed by atoms with Crippen LogP contribution in [-0.2, 0) is 19.0 Å². The summed E-state index contributed by atoms with van der Waals surface area (Å²) in [5.41, 5.74) is 1.33. The fourth-order valence-electron chi connectivity index (χ4n) is 3.63. The molecule has 3 rings (SSSR count). The van der Waals surface area contributed by atoms with E-state index in [1.165, 1.54) is 6.07 Å². The highest BCUT2D eigenvalue weighted by atomic mass is 19.4. The molecule has 0 bridgehead atoms. The maximum atomic E-state index is 13.0. The summed E-state index contributed by atoms with van der Waals surface area (Å²) >= 11 is 0. The highest BCUT2D eigenvalue weighted by Gasteiger charge is 2.35. The number of benzene rings is 2. The number of hydrogen-bond donors (Lipinski definition) is 1. The molecule has 5 heteroatoms.